The molecule has 4 rings (SSSR count). The number of carbonyl (C=O) groups excluding carboxylic acids is 1. The lowest BCUT2D eigenvalue weighted by Crippen LogP contribution is -2.09. The second-order valence-corrected chi connectivity index (χ2v) is 6.36. The molecule has 0 aliphatic carbocycles. The van der Waals surface area contributed by atoms with Gasteiger partial charge in [0.15, 0.2) is 0 Å². The summed E-state index contributed by atoms with van der Waals surface area (Å²) in [6, 6.07) is 21.8. The van der Waals surface area contributed by atoms with E-state index in [2.05, 4.69) is 21.6 Å². The first-order valence-corrected chi connectivity index (χ1v) is 8.81. The first kappa shape index (κ1) is 18.1. The van der Waals surface area contributed by atoms with Crippen molar-refractivity contribution in [1.82, 2.24) is 20.2 Å². The average molecular weight is 381 g/mol. The second kappa shape index (κ2) is 7.74. The Balaban J connectivity index is 1.48. The van der Waals surface area contributed by atoms with Gasteiger partial charge in [-0.25, -0.2) is 9.48 Å². The lowest BCUT2D eigenvalue weighted by atomic mass is 10.0. The van der Waals surface area contributed by atoms with Gasteiger partial charge in [-0.05, 0) is 76.5 Å². The zero-order valence-corrected chi connectivity index (χ0v) is 15.5. The smallest absolute Gasteiger partial charge is 0.343 e. The van der Waals surface area contributed by atoms with Gasteiger partial charge in [-0.1, -0.05) is 24.3 Å². The van der Waals surface area contributed by atoms with E-state index in [0.29, 0.717) is 16.9 Å². The molecule has 140 valence electrons. The number of carbonyl (C=O) groups is 1. The highest BCUT2D eigenvalue weighted by Gasteiger charge is 2.12. The maximum atomic E-state index is 12.5. The van der Waals surface area contributed by atoms with Crippen molar-refractivity contribution in [2.45, 2.75) is 6.92 Å². The fourth-order valence-electron chi connectivity index (χ4n) is 2.93. The summed E-state index contributed by atoms with van der Waals surface area (Å²) in [5.41, 5.74) is 4.64. The van der Waals surface area contributed by atoms with E-state index in [1.54, 1.807) is 42.5 Å². The van der Waals surface area contributed by atoms with Gasteiger partial charge >= 0.3 is 5.97 Å². The summed E-state index contributed by atoms with van der Waals surface area (Å²) >= 11 is 0. The van der Waals surface area contributed by atoms with Crippen molar-refractivity contribution in [3.63, 3.8) is 0 Å². The van der Waals surface area contributed by atoms with Gasteiger partial charge in [0.25, 0.3) is 0 Å². The van der Waals surface area contributed by atoms with Crippen molar-refractivity contribution in [1.29, 1.82) is 5.26 Å². The highest BCUT2D eigenvalue weighted by atomic mass is 16.5. The number of nitrogens with zero attached hydrogens (tertiary/aromatic N) is 5. The van der Waals surface area contributed by atoms with E-state index < -0.39 is 5.97 Å². The Hall–Kier alpha value is -4.31. The molecule has 1 aromatic heterocycles. The van der Waals surface area contributed by atoms with Gasteiger partial charge in [0.05, 0.1) is 22.9 Å². The Bertz CT molecular complexity index is 1190. The average Bonchev–Trinajstić information content (AvgIpc) is 3.29. The number of ether oxygens (including phenoxy) is 1. The maximum Gasteiger partial charge on any atom is 0.343 e. The van der Waals surface area contributed by atoms with E-state index in [9.17, 15) is 4.79 Å². The topological polar surface area (TPSA) is 93.7 Å². The van der Waals surface area contributed by atoms with E-state index in [-0.39, 0.29) is 0 Å². The van der Waals surface area contributed by atoms with Crippen LogP contribution in [0.5, 0.6) is 5.75 Å². The van der Waals surface area contributed by atoms with Crippen LogP contribution in [0.1, 0.15) is 21.5 Å². The van der Waals surface area contributed by atoms with Crippen LogP contribution >= 0.6 is 0 Å². The standard InChI is InChI=1S/C22H15N5O2/c1-15-12-19(8-11-21(15)27-14-24-25-26-27)22(28)29-20-9-6-18(7-10-20)17-4-2-16(13-23)3-5-17/h2-12,14H,1H3. The SMILES string of the molecule is Cc1cc(C(=O)Oc2ccc(-c3ccc(C#N)cc3)cc2)ccc1-n1cnnn1. The third kappa shape index (κ3) is 3.87. The Labute approximate surface area is 166 Å². The van der Waals surface area contributed by atoms with Gasteiger partial charge in [0.1, 0.15) is 12.1 Å². The molecule has 7 nitrogen and oxygen atoms in total. The zero-order valence-electron chi connectivity index (χ0n) is 15.5. The molecule has 3 aromatic carbocycles. The van der Waals surface area contributed by atoms with Crippen molar-refractivity contribution < 1.29 is 9.53 Å². The van der Waals surface area contributed by atoms with E-state index in [0.717, 1.165) is 22.4 Å². The summed E-state index contributed by atoms with van der Waals surface area (Å²) < 4.78 is 7.02. The van der Waals surface area contributed by atoms with Crippen LogP contribution in [0, 0.1) is 18.3 Å². The van der Waals surface area contributed by atoms with Crippen molar-refractivity contribution >= 4 is 5.97 Å². The number of aryl methyl sites for hydroxylation is 1. The van der Waals surface area contributed by atoms with Crippen molar-refractivity contribution in [3.8, 4) is 28.6 Å². The fourth-order valence-corrected chi connectivity index (χ4v) is 2.93. The molecule has 4 aromatic rings. The molecule has 29 heavy (non-hydrogen) atoms. The number of tetrazole rings is 1. The van der Waals surface area contributed by atoms with Crippen LogP contribution in [-0.2, 0) is 0 Å². The molecule has 0 saturated carbocycles. The molecule has 0 fully saturated rings. The van der Waals surface area contributed by atoms with E-state index in [1.807, 2.05) is 31.2 Å². The van der Waals surface area contributed by atoms with Crippen molar-refractivity contribution in [2.75, 3.05) is 0 Å². The Kier molecular flexibility index (Phi) is 4.82. The van der Waals surface area contributed by atoms with Crippen LogP contribution in [0.3, 0.4) is 0 Å². The number of esters is 1. The highest BCUT2D eigenvalue weighted by molar-refractivity contribution is 5.91. The number of rotatable bonds is 4. The van der Waals surface area contributed by atoms with E-state index in [1.165, 1.54) is 11.0 Å². The van der Waals surface area contributed by atoms with Crippen LogP contribution in [0.15, 0.2) is 73.1 Å². The normalized spacial score (nSPS) is 10.3. The molecule has 0 aliphatic rings. The maximum absolute atomic E-state index is 12.5. The van der Waals surface area contributed by atoms with Crippen LogP contribution in [-0.4, -0.2) is 26.2 Å². The Morgan fingerprint density at radius 1 is 1.00 bits per heavy atom. The molecule has 0 saturated heterocycles. The zero-order chi connectivity index (χ0) is 20.2. The molecule has 0 aliphatic heterocycles. The molecular weight excluding hydrogens is 366 g/mol. The molecule has 0 atom stereocenters. The fraction of sp³-hybridized carbons (Fsp3) is 0.0455. The summed E-state index contributed by atoms with van der Waals surface area (Å²) in [4.78, 5) is 12.5. The minimum Gasteiger partial charge on any atom is -0.423 e. The van der Waals surface area contributed by atoms with E-state index in [4.69, 9.17) is 10.00 Å². The molecule has 1 heterocycles. The summed E-state index contributed by atoms with van der Waals surface area (Å²) in [5, 5.41) is 20.0. The predicted octanol–water partition coefficient (Wildman–Crippen LogP) is 3.73. The summed E-state index contributed by atoms with van der Waals surface area (Å²) in [5.74, 6) is 0.0112. The van der Waals surface area contributed by atoms with Crippen molar-refractivity contribution in [3.05, 3.63) is 89.7 Å². The Morgan fingerprint density at radius 3 is 2.28 bits per heavy atom. The minimum atomic E-state index is -0.442. The lowest BCUT2D eigenvalue weighted by molar-refractivity contribution is 0.0734. The lowest BCUT2D eigenvalue weighted by Gasteiger charge is -2.09. The molecule has 0 unspecified atom stereocenters. The minimum absolute atomic E-state index is 0.440. The van der Waals surface area contributed by atoms with Gasteiger partial charge < -0.3 is 4.74 Å². The number of nitriles is 1. The number of hydrogen-bond donors (Lipinski definition) is 0. The predicted molar refractivity (Wildman–Crippen MR) is 105 cm³/mol. The molecule has 0 radical (unpaired) electrons. The van der Waals surface area contributed by atoms with Crippen LogP contribution in [0.2, 0.25) is 0 Å². The molecule has 0 amide bonds. The summed E-state index contributed by atoms with van der Waals surface area (Å²) in [6.45, 7) is 1.88. The highest BCUT2D eigenvalue weighted by Crippen LogP contribution is 2.24. The van der Waals surface area contributed by atoms with Crippen LogP contribution in [0.25, 0.3) is 16.8 Å². The molecule has 0 N–H and O–H groups in total. The molecule has 7 heteroatoms. The quantitative estimate of drug-likeness (QED) is 0.395. The van der Waals surface area contributed by atoms with Crippen molar-refractivity contribution in [2.24, 2.45) is 0 Å². The third-order valence-electron chi connectivity index (χ3n) is 4.44. The van der Waals surface area contributed by atoms with Gasteiger partial charge in [-0.2, -0.15) is 5.26 Å². The number of aromatic nitrogens is 4. The molecular formula is C22H15N5O2. The van der Waals surface area contributed by atoms with Crippen LogP contribution < -0.4 is 4.74 Å². The van der Waals surface area contributed by atoms with Gasteiger partial charge in [0.2, 0.25) is 0 Å². The monoisotopic (exact) mass is 381 g/mol. The third-order valence-corrected chi connectivity index (χ3v) is 4.44. The van der Waals surface area contributed by atoms with Crippen LogP contribution in [0.4, 0.5) is 0 Å². The number of benzene rings is 3. The van der Waals surface area contributed by atoms with Gasteiger partial charge in [0, 0.05) is 0 Å². The van der Waals surface area contributed by atoms with Gasteiger partial charge in [-0.3, -0.25) is 0 Å². The largest absolute Gasteiger partial charge is 0.423 e. The first-order valence-electron chi connectivity index (χ1n) is 8.81. The first-order chi connectivity index (χ1) is 14.1. The van der Waals surface area contributed by atoms with E-state index >= 15 is 0 Å². The van der Waals surface area contributed by atoms with Gasteiger partial charge in [-0.15, -0.1) is 5.10 Å². The second-order valence-electron chi connectivity index (χ2n) is 6.36. The molecule has 0 bridgehead atoms. The Morgan fingerprint density at radius 2 is 1.69 bits per heavy atom. The summed E-state index contributed by atoms with van der Waals surface area (Å²) in [6.07, 6.45) is 1.50. The summed E-state index contributed by atoms with van der Waals surface area (Å²) in [7, 11) is 0. The number of hydrogen-bond acceptors (Lipinski definition) is 6. The molecule has 0 spiro atoms.